The van der Waals surface area contributed by atoms with Crippen LogP contribution < -0.4 is 16.0 Å². The Balaban J connectivity index is 1.52. The third-order valence-corrected chi connectivity index (χ3v) is 3.73. The monoisotopic (exact) mass is 337 g/mol. The number of hydrogen-bond acceptors (Lipinski definition) is 5. The molecule has 6 heteroatoms. The van der Waals surface area contributed by atoms with Gasteiger partial charge in [-0.2, -0.15) is 0 Å². The van der Waals surface area contributed by atoms with Crippen molar-refractivity contribution in [1.29, 1.82) is 0 Å². The first-order chi connectivity index (χ1) is 12.3. The maximum Gasteiger partial charge on any atom is 0.287 e. The number of nitrogens with two attached hydrogens (primary N) is 1. The Morgan fingerprint density at radius 1 is 1.12 bits per heavy atom. The summed E-state index contributed by atoms with van der Waals surface area (Å²) < 4.78 is 10.9. The first-order valence-corrected chi connectivity index (χ1v) is 8.01. The lowest BCUT2D eigenvalue weighted by atomic mass is 10.1. The van der Waals surface area contributed by atoms with E-state index in [1.54, 1.807) is 0 Å². The van der Waals surface area contributed by atoms with Crippen molar-refractivity contribution in [3.8, 4) is 17.1 Å². The van der Waals surface area contributed by atoms with E-state index in [0.29, 0.717) is 12.4 Å². The number of aryl methyl sites for hydroxylation is 1. The van der Waals surface area contributed by atoms with Gasteiger partial charge in [0, 0.05) is 11.6 Å². The summed E-state index contributed by atoms with van der Waals surface area (Å²) in [6.07, 6.45) is 1.94. The van der Waals surface area contributed by atoms with Crippen LogP contribution in [0.25, 0.3) is 11.3 Å². The molecule has 1 aromatic heterocycles. The van der Waals surface area contributed by atoms with Crippen molar-refractivity contribution >= 4 is 5.91 Å². The molecule has 3 aromatic rings. The maximum absolute atomic E-state index is 11.4. The normalized spacial score (nSPS) is 10.4. The van der Waals surface area contributed by atoms with Crippen LogP contribution in [-0.2, 0) is 6.42 Å². The van der Waals surface area contributed by atoms with E-state index in [9.17, 15) is 4.79 Å². The molecule has 25 heavy (non-hydrogen) atoms. The topological polar surface area (TPSA) is 90.4 Å². The van der Waals surface area contributed by atoms with Gasteiger partial charge >= 0.3 is 0 Å². The number of hydrazine groups is 1. The zero-order valence-electron chi connectivity index (χ0n) is 13.6. The van der Waals surface area contributed by atoms with Crippen LogP contribution in [-0.4, -0.2) is 17.7 Å². The second-order valence-electron chi connectivity index (χ2n) is 5.51. The number of nitrogens with one attached hydrogen (secondary N) is 1. The van der Waals surface area contributed by atoms with Crippen LogP contribution >= 0.6 is 0 Å². The van der Waals surface area contributed by atoms with Gasteiger partial charge in [-0.25, -0.2) is 5.84 Å². The van der Waals surface area contributed by atoms with E-state index in [0.717, 1.165) is 24.2 Å². The Morgan fingerprint density at radius 2 is 1.88 bits per heavy atom. The summed E-state index contributed by atoms with van der Waals surface area (Å²) in [6, 6.07) is 19.3. The molecule has 0 aliphatic rings. The molecule has 0 saturated heterocycles. The van der Waals surface area contributed by atoms with Gasteiger partial charge in [0.15, 0.2) is 11.5 Å². The molecule has 2 aromatic carbocycles. The van der Waals surface area contributed by atoms with Gasteiger partial charge in [-0.15, -0.1) is 0 Å². The molecule has 0 unspecified atom stereocenters. The summed E-state index contributed by atoms with van der Waals surface area (Å²) in [5.41, 5.74) is 4.27. The van der Waals surface area contributed by atoms with Crippen molar-refractivity contribution in [2.24, 2.45) is 5.84 Å². The molecule has 0 atom stereocenters. The molecule has 3 N–H and O–H groups in total. The van der Waals surface area contributed by atoms with Gasteiger partial charge in [0.1, 0.15) is 5.75 Å². The van der Waals surface area contributed by atoms with Gasteiger partial charge in [-0.05, 0) is 42.7 Å². The Labute approximate surface area is 145 Å². The Kier molecular flexibility index (Phi) is 5.43. The summed E-state index contributed by atoms with van der Waals surface area (Å²) in [4.78, 5) is 11.4. The number of ether oxygens (including phenoxy) is 1. The van der Waals surface area contributed by atoms with Crippen molar-refractivity contribution < 1.29 is 14.1 Å². The number of benzene rings is 2. The van der Waals surface area contributed by atoms with Gasteiger partial charge in [-0.1, -0.05) is 35.5 Å². The third-order valence-electron chi connectivity index (χ3n) is 3.73. The van der Waals surface area contributed by atoms with Crippen LogP contribution in [0, 0.1) is 0 Å². The molecule has 6 nitrogen and oxygen atoms in total. The van der Waals surface area contributed by atoms with E-state index < -0.39 is 5.91 Å². The highest BCUT2D eigenvalue weighted by atomic mass is 16.5. The van der Waals surface area contributed by atoms with Crippen molar-refractivity contribution in [3.63, 3.8) is 0 Å². The van der Waals surface area contributed by atoms with E-state index in [2.05, 4.69) is 17.3 Å². The standard InChI is InChI=1S/C19H19N3O3/c20-21-19(23)17-13-18(25-22-17)15-8-10-16(11-9-15)24-12-4-7-14-5-2-1-3-6-14/h1-3,5-6,8-11,13H,4,7,12,20H2,(H,21,23). The average Bonchev–Trinajstić information content (AvgIpc) is 3.16. The van der Waals surface area contributed by atoms with E-state index in [1.165, 1.54) is 11.6 Å². The molecule has 0 fully saturated rings. The number of nitrogens with zero attached hydrogens (tertiary/aromatic N) is 1. The molecule has 0 spiro atoms. The summed E-state index contributed by atoms with van der Waals surface area (Å²) in [7, 11) is 0. The average molecular weight is 337 g/mol. The molecular formula is C19H19N3O3. The Bertz CT molecular complexity index is 813. The van der Waals surface area contributed by atoms with E-state index in [1.807, 2.05) is 47.9 Å². The predicted molar refractivity (Wildman–Crippen MR) is 93.9 cm³/mol. The first-order valence-electron chi connectivity index (χ1n) is 8.01. The lowest BCUT2D eigenvalue weighted by Crippen LogP contribution is -2.30. The predicted octanol–water partition coefficient (Wildman–Crippen LogP) is 2.96. The number of amides is 1. The fourth-order valence-electron chi connectivity index (χ4n) is 2.42. The van der Waals surface area contributed by atoms with Crippen molar-refractivity contribution in [3.05, 3.63) is 71.9 Å². The lowest BCUT2D eigenvalue weighted by molar-refractivity contribution is 0.0944. The summed E-state index contributed by atoms with van der Waals surface area (Å²) in [5, 5.41) is 3.68. The summed E-state index contributed by atoms with van der Waals surface area (Å²) in [5.74, 6) is 5.86. The van der Waals surface area contributed by atoms with Crippen LogP contribution in [0.2, 0.25) is 0 Å². The number of carbonyl (C=O) groups is 1. The fourth-order valence-corrected chi connectivity index (χ4v) is 2.42. The minimum absolute atomic E-state index is 0.138. The smallest absolute Gasteiger partial charge is 0.287 e. The van der Waals surface area contributed by atoms with Gasteiger partial charge < -0.3 is 9.26 Å². The highest BCUT2D eigenvalue weighted by Gasteiger charge is 2.12. The van der Waals surface area contributed by atoms with Gasteiger partial charge in [0.05, 0.1) is 6.61 Å². The lowest BCUT2D eigenvalue weighted by Gasteiger charge is -2.06. The molecule has 128 valence electrons. The highest BCUT2D eigenvalue weighted by Crippen LogP contribution is 2.23. The van der Waals surface area contributed by atoms with Crippen molar-refractivity contribution in [2.75, 3.05) is 6.61 Å². The summed E-state index contributed by atoms with van der Waals surface area (Å²) >= 11 is 0. The maximum atomic E-state index is 11.4. The fraction of sp³-hybridized carbons (Fsp3) is 0.158. The third kappa shape index (κ3) is 4.45. The van der Waals surface area contributed by atoms with Crippen molar-refractivity contribution in [1.82, 2.24) is 10.6 Å². The van der Waals surface area contributed by atoms with E-state index in [4.69, 9.17) is 15.1 Å². The van der Waals surface area contributed by atoms with Crippen molar-refractivity contribution in [2.45, 2.75) is 12.8 Å². The number of rotatable bonds is 7. The van der Waals surface area contributed by atoms with E-state index >= 15 is 0 Å². The largest absolute Gasteiger partial charge is 0.494 e. The Morgan fingerprint density at radius 3 is 2.60 bits per heavy atom. The highest BCUT2D eigenvalue weighted by molar-refractivity contribution is 5.92. The second-order valence-corrected chi connectivity index (χ2v) is 5.51. The molecule has 1 amide bonds. The minimum atomic E-state index is -0.492. The van der Waals surface area contributed by atoms with E-state index in [-0.39, 0.29) is 5.69 Å². The molecular weight excluding hydrogens is 318 g/mol. The second kappa shape index (κ2) is 8.12. The zero-order chi connectivity index (χ0) is 17.5. The van der Waals surface area contributed by atoms with Gasteiger partial charge in [0.2, 0.25) is 0 Å². The summed E-state index contributed by atoms with van der Waals surface area (Å²) in [6.45, 7) is 0.650. The van der Waals surface area contributed by atoms with Crippen LogP contribution in [0.15, 0.2) is 65.2 Å². The molecule has 0 aliphatic heterocycles. The molecule has 0 saturated carbocycles. The molecule has 0 bridgehead atoms. The number of nitrogen functional groups attached to an aromatic ring is 1. The van der Waals surface area contributed by atoms with Gasteiger partial charge in [-0.3, -0.25) is 10.2 Å². The number of aromatic nitrogens is 1. The van der Waals surface area contributed by atoms with Gasteiger partial charge in [0.25, 0.3) is 5.91 Å². The van der Waals surface area contributed by atoms with Crippen LogP contribution in [0.3, 0.4) is 0 Å². The molecule has 0 aliphatic carbocycles. The minimum Gasteiger partial charge on any atom is -0.494 e. The number of hydrogen-bond donors (Lipinski definition) is 2. The quantitative estimate of drug-likeness (QED) is 0.299. The van der Waals surface area contributed by atoms with Crippen LogP contribution in [0.1, 0.15) is 22.5 Å². The SMILES string of the molecule is NNC(=O)c1cc(-c2ccc(OCCCc3ccccc3)cc2)on1. The zero-order valence-corrected chi connectivity index (χ0v) is 13.6. The molecule has 1 heterocycles. The molecule has 0 radical (unpaired) electrons. The Hall–Kier alpha value is -3.12. The first kappa shape index (κ1) is 16.7. The van der Waals surface area contributed by atoms with Crippen LogP contribution in [0.4, 0.5) is 0 Å². The number of carbonyl (C=O) groups excluding carboxylic acids is 1. The molecule has 3 rings (SSSR count). The van der Waals surface area contributed by atoms with Crippen LogP contribution in [0.5, 0.6) is 5.75 Å².